The minimum atomic E-state index is -1.43. The number of nitrogens with zero attached hydrogens (tertiary/aromatic N) is 2. The van der Waals surface area contributed by atoms with Gasteiger partial charge >= 0.3 is 5.97 Å². The highest BCUT2D eigenvalue weighted by atomic mass is 35.5. The van der Waals surface area contributed by atoms with Crippen molar-refractivity contribution in [3.63, 3.8) is 0 Å². The second kappa shape index (κ2) is 8.38. The lowest BCUT2D eigenvalue weighted by atomic mass is 9.62. The fourth-order valence-corrected chi connectivity index (χ4v) is 6.18. The van der Waals surface area contributed by atoms with Gasteiger partial charge in [0.1, 0.15) is 17.3 Å². The third-order valence-corrected chi connectivity index (χ3v) is 7.83. The number of fused-ring (bicyclic) bond motifs is 1. The third-order valence-electron chi connectivity index (χ3n) is 6.85. The number of hydrogen-bond acceptors (Lipinski definition) is 4. The highest BCUT2D eigenvalue weighted by Gasteiger charge is 2.70. The van der Waals surface area contributed by atoms with Gasteiger partial charge in [-0.3, -0.25) is 4.79 Å². The van der Waals surface area contributed by atoms with Crippen LogP contribution in [0.25, 0.3) is 0 Å². The van der Waals surface area contributed by atoms with Crippen LogP contribution in [0.15, 0.2) is 36.4 Å². The molecule has 0 radical (unpaired) electrons. The Bertz CT molecular complexity index is 1200. The first-order valence-electron chi connectivity index (χ1n) is 11.1. The summed E-state index contributed by atoms with van der Waals surface area (Å²) in [7, 11) is 0. The van der Waals surface area contributed by atoms with E-state index >= 15 is 4.39 Å². The summed E-state index contributed by atoms with van der Waals surface area (Å²) in [5.41, 5.74) is -1.85. The van der Waals surface area contributed by atoms with Gasteiger partial charge in [-0.05, 0) is 55.5 Å². The topological polar surface area (TPSA) is 53.3 Å². The predicted molar refractivity (Wildman–Crippen MR) is 132 cm³/mol. The van der Waals surface area contributed by atoms with E-state index in [1.165, 1.54) is 6.07 Å². The molecular formula is C26H26Cl3FN2O2. The average Bonchev–Trinajstić information content (AvgIpc) is 3.12. The Morgan fingerprint density at radius 1 is 1.12 bits per heavy atom. The zero-order valence-corrected chi connectivity index (χ0v) is 21.9. The van der Waals surface area contributed by atoms with Gasteiger partial charge < -0.3 is 4.74 Å². The van der Waals surface area contributed by atoms with Gasteiger partial charge in [-0.25, -0.2) is 9.29 Å². The van der Waals surface area contributed by atoms with Gasteiger partial charge in [-0.1, -0.05) is 67.7 Å². The Morgan fingerprint density at radius 2 is 1.79 bits per heavy atom. The van der Waals surface area contributed by atoms with Gasteiger partial charge in [-0.15, -0.1) is 0 Å². The molecule has 2 saturated heterocycles. The molecule has 4 nitrogen and oxygen atoms in total. The second-order valence-corrected chi connectivity index (χ2v) is 12.0. The first kappa shape index (κ1) is 25.3. The van der Waals surface area contributed by atoms with Crippen molar-refractivity contribution < 1.29 is 13.9 Å². The maximum absolute atomic E-state index is 15.6. The lowest BCUT2D eigenvalue weighted by Crippen LogP contribution is -2.52. The zero-order valence-electron chi connectivity index (χ0n) is 19.6. The van der Waals surface area contributed by atoms with E-state index in [4.69, 9.17) is 39.5 Å². The molecule has 2 heterocycles. The summed E-state index contributed by atoms with van der Waals surface area (Å²) < 4.78 is 21.4. The molecule has 0 spiro atoms. The fourth-order valence-electron chi connectivity index (χ4n) is 5.72. The molecule has 0 N–H and O–H groups in total. The molecule has 180 valence electrons. The van der Waals surface area contributed by atoms with E-state index in [9.17, 15) is 10.1 Å². The molecule has 0 unspecified atom stereocenters. The number of ether oxygens (including phenoxy) is 1. The van der Waals surface area contributed by atoms with Crippen LogP contribution in [0.4, 0.5) is 4.39 Å². The second-order valence-electron chi connectivity index (χ2n) is 10.8. The number of carbonyl (C=O) groups is 1. The highest BCUT2D eigenvalue weighted by molar-refractivity contribution is 6.42. The molecule has 2 aliphatic rings. The van der Waals surface area contributed by atoms with Crippen LogP contribution in [0.3, 0.4) is 0 Å². The van der Waals surface area contributed by atoms with Crippen molar-refractivity contribution in [2.75, 3.05) is 0 Å². The van der Waals surface area contributed by atoms with E-state index in [1.54, 1.807) is 44.2 Å². The van der Waals surface area contributed by atoms with E-state index in [2.05, 4.69) is 26.8 Å². The van der Waals surface area contributed by atoms with Crippen molar-refractivity contribution in [3.05, 3.63) is 68.4 Å². The van der Waals surface area contributed by atoms with E-state index in [0.717, 1.165) is 0 Å². The van der Waals surface area contributed by atoms with Crippen molar-refractivity contribution in [3.8, 4) is 6.07 Å². The minimum Gasteiger partial charge on any atom is -0.443 e. The van der Waals surface area contributed by atoms with Crippen LogP contribution in [-0.2, 0) is 14.9 Å². The molecule has 2 aliphatic heterocycles. The number of esters is 1. The van der Waals surface area contributed by atoms with Gasteiger partial charge in [-0.2, -0.15) is 5.26 Å². The number of halogens is 4. The summed E-state index contributed by atoms with van der Waals surface area (Å²) in [5, 5.41) is 11.8. The van der Waals surface area contributed by atoms with Crippen molar-refractivity contribution in [2.24, 2.45) is 5.41 Å². The van der Waals surface area contributed by atoms with Crippen molar-refractivity contribution >= 4 is 40.8 Å². The number of benzene rings is 2. The Labute approximate surface area is 214 Å². The summed E-state index contributed by atoms with van der Waals surface area (Å²) in [6.07, 6.45) is 0.511. The van der Waals surface area contributed by atoms with Crippen LogP contribution in [0.2, 0.25) is 15.1 Å². The van der Waals surface area contributed by atoms with Gasteiger partial charge in [0, 0.05) is 22.5 Å². The standard InChI is InChI=1S/C26H26Cl3FN2O2/c1-24(2,3)12-20-26(13-31,16-8-7-15(27)11-19(16)30)21(14-6-9-17(28)18(29)10-14)22-23(33)34-25(4,5)32(20)22/h6-11,20-22H,12H2,1-5H3/t20-,21-,22+,26-/m0/s1. The van der Waals surface area contributed by atoms with Crippen molar-refractivity contribution in [1.29, 1.82) is 5.26 Å². The summed E-state index contributed by atoms with van der Waals surface area (Å²) in [6.45, 7) is 9.78. The molecule has 4 rings (SSSR count). The SMILES string of the molecule is CC(C)(C)C[C@@H]1N2[C@@H](C(=O)OC2(C)C)[C@H](c2ccc(Cl)c(Cl)c2)[C@@]1(C#N)c1ccc(Cl)cc1F. The van der Waals surface area contributed by atoms with Crippen LogP contribution < -0.4 is 0 Å². The van der Waals surface area contributed by atoms with E-state index in [1.807, 2.05) is 4.90 Å². The lowest BCUT2D eigenvalue weighted by molar-refractivity contribution is -0.152. The fraction of sp³-hybridized carbons (Fsp3) is 0.462. The summed E-state index contributed by atoms with van der Waals surface area (Å²) in [4.78, 5) is 15.3. The third kappa shape index (κ3) is 3.89. The molecule has 0 bridgehead atoms. The first-order chi connectivity index (χ1) is 15.7. The van der Waals surface area contributed by atoms with E-state index in [0.29, 0.717) is 22.0 Å². The number of nitriles is 1. The summed E-state index contributed by atoms with van der Waals surface area (Å²) in [5.74, 6) is -1.80. The normalized spacial score (nSPS) is 28.5. The van der Waals surface area contributed by atoms with E-state index in [-0.39, 0.29) is 16.0 Å². The first-order valence-corrected chi connectivity index (χ1v) is 12.2. The van der Waals surface area contributed by atoms with Crippen LogP contribution in [0, 0.1) is 22.6 Å². The smallest absolute Gasteiger partial charge is 0.325 e. The van der Waals surface area contributed by atoms with Gasteiger partial charge in [0.05, 0.1) is 16.1 Å². The number of cyclic esters (lactones) is 1. The molecule has 2 fully saturated rings. The van der Waals surface area contributed by atoms with Gasteiger partial charge in [0.15, 0.2) is 5.72 Å². The molecule has 34 heavy (non-hydrogen) atoms. The maximum atomic E-state index is 15.6. The largest absolute Gasteiger partial charge is 0.443 e. The molecule has 4 atom stereocenters. The van der Waals surface area contributed by atoms with Crippen LogP contribution in [-0.4, -0.2) is 28.7 Å². The molecule has 8 heteroatoms. The Morgan fingerprint density at radius 3 is 2.35 bits per heavy atom. The highest BCUT2D eigenvalue weighted by Crippen LogP contribution is 2.60. The maximum Gasteiger partial charge on any atom is 0.325 e. The van der Waals surface area contributed by atoms with Crippen LogP contribution >= 0.6 is 34.8 Å². The number of carbonyl (C=O) groups excluding carboxylic acids is 1. The van der Waals surface area contributed by atoms with E-state index < -0.39 is 40.9 Å². The number of rotatable bonds is 3. The molecule has 0 saturated carbocycles. The van der Waals surface area contributed by atoms with Crippen molar-refractivity contribution in [1.82, 2.24) is 4.90 Å². The van der Waals surface area contributed by atoms with Crippen molar-refractivity contribution in [2.45, 2.75) is 70.2 Å². The summed E-state index contributed by atoms with van der Waals surface area (Å²) in [6, 6.07) is 10.5. The predicted octanol–water partition coefficient (Wildman–Crippen LogP) is 7.11. The minimum absolute atomic E-state index is 0.197. The Balaban J connectivity index is 2.09. The average molecular weight is 524 g/mol. The van der Waals surface area contributed by atoms with Gasteiger partial charge in [0.2, 0.25) is 0 Å². The lowest BCUT2D eigenvalue weighted by Gasteiger charge is -2.42. The molecule has 0 aliphatic carbocycles. The molecular weight excluding hydrogens is 498 g/mol. The quantitative estimate of drug-likeness (QED) is 0.402. The monoisotopic (exact) mass is 522 g/mol. The Hall–Kier alpha value is -1.84. The molecule has 2 aromatic rings. The van der Waals surface area contributed by atoms with Crippen LogP contribution in [0.1, 0.15) is 58.1 Å². The molecule has 0 aromatic heterocycles. The van der Waals surface area contributed by atoms with Crippen LogP contribution in [0.5, 0.6) is 0 Å². The summed E-state index contributed by atoms with van der Waals surface area (Å²) >= 11 is 18.6. The Kier molecular flexibility index (Phi) is 6.23. The molecule has 0 amide bonds. The number of hydrogen-bond donors (Lipinski definition) is 0. The van der Waals surface area contributed by atoms with Gasteiger partial charge in [0.25, 0.3) is 0 Å². The molecule has 2 aromatic carbocycles. The zero-order chi connectivity index (χ0) is 25.2.